The second kappa shape index (κ2) is 8.42. The fraction of sp³-hybridized carbons (Fsp3) is 0.222. The molecule has 160 valence electrons. The second-order valence-electron chi connectivity index (χ2n) is 8.39. The first kappa shape index (κ1) is 20.2. The summed E-state index contributed by atoms with van der Waals surface area (Å²) in [5.74, 6) is 0.520. The van der Waals surface area contributed by atoms with Crippen LogP contribution in [-0.2, 0) is 30.5 Å². The number of anilines is 2. The van der Waals surface area contributed by atoms with Gasteiger partial charge >= 0.3 is 0 Å². The van der Waals surface area contributed by atoms with E-state index in [0.717, 1.165) is 65.0 Å². The van der Waals surface area contributed by atoms with Crippen LogP contribution in [-0.4, -0.2) is 15.9 Å². The molecule has 1 aromatic heterocycles. The molecular formula is C27H26N4O. The molecule has 5 nitrogen and oxygen atoms in total. The second-order valence-corrected chi connectivity index (χ2v) is 8.39. The van der Waals surface area contributed by atoms with Crippen molar-refractivity contribution in [2.75, 3.05) is 11.1 Å². The SMILES string of the molecule is CCCc1nc2c(nc1NC(=O)Cc1ccc3ccccc3c1)CCc1cc(N)ccc1-2. The van der Waals surface area contributed by atoms with E-state index in [2.05, 4.69) is 36.5 Å². The van der Waals surface area contributed by atoms with Crippen LogP contribution in [0.5, 0.6) is 0 Å². The maximum absolute atomic E-state index is 12.9. The first-order valence-corrected chi connectivity index (χ1v) is 11.2. The summed E-state index contributed by atoms with van der Waals surface area (Å²) in [5, 5.41) is 5.35. The lowest BCUT2D eigenvalue weighted by Crippen LogP contribution is -2.20. The molecule has 0 aliphatic heterocycles. The van der Waals surface area contributed by atoms with Gasteiger partial charge in [0.2, 0.25) is 5.91 Å². The van der Waals surface area contributed by atoms with Crippen LogP contribution in [0.1, 0.15) is 35.9 Å². The molecule has 0 saturated heterocycles. The van der Waals surface area contributed by atoms with Gasteiger partial charge in [-0.1, -0.05) is 61.9 Å². The van der Waals surface area contributed by atoms with Crippen LogP contribution >= 0.6 is 0 Å². The number of hydrogen-bond donors (Lipinski definition) is 2. The Bertz CT molecular complexity index is 1330. The van der Waals surface area contributed by atoms with Gasteiger partial charge < -0.3 is 11.1 Å². The number of amides is 1. The Kier molecular flexibility index (Phi) is 5.31. The minimum absolute atomic E-state index is 0.0733. The molecule has 5 heteroatoms. The highest BCUT2D eigenvalue weighted by molar-refractivity contribution is 5.93. The smallest absolute Gasteiger partial charge is 0.229 e. The molecule has 0 spiro atoms. The minimum atomic E-state index is -0.0733. The lowest BCUT2D eigenvalue weighted by Gasteiger charge is -2.21. The summed E-state index contributed by atoms with van der Waals surface area (Å²) in [5.41, 5.74) is 12.7. The van der Waals surface area contributed by atoms with Crippen LogP contribution in [0.15, 0.2) is 60.7 Å². The predicted molar refractivity (Wildman–Crippen MR) is 130 cm³/mol. The summed E-state index contributed by atoms with van der Waals surface area (Å²) in [4.78, 5) is 22.7. The van der Waals surface area contributed by atoms with E-state index in [1.165, 1.54) is 10.9 Å². The summed E-state index contributed by atoms with van der Waals surface area (Å²) < 4.78 is 0. The Morgan fingerprint density at radius 1 is 1.00 bits per heavy atom. The molecule has 4 aromatic rings. The van der Waals surface area contributed by atoms with Gasteiger partial charge in [0.25, 0.3) is 0 Å². The number of aromatic nitrogens is 2. The van der Waals surface area contributed by atoms with E-state index in [0.29, 0.717) is 12.2 Å². The molecule has 1 aliphatic carbocycles. The topological polar surface area (TPSA) is 80.9 Å². The number of nitrogens with two attached hydrogens (primary N) is 1. The van der Waals surface area contributed by atoms with E-state index in [-0.39, 0.29) is 5.91 Å². The van der Waals surface area contributed by atoms with Gasteiger partial charge in [-0.15, -0.1) is 0 Å². The lowest BCUT2D eigenvalue weighted by atomic mass is 9.91. The number of benzene rings is 3. The largest absolute Gasteiger partial charge is 0.399 e. The van der Waals surface area contributed by atoms with E-state index in [4.69, 9.17) is 15.7 Å². The third-order valence-corrected chi connectivity index (χ3v) is 5.98. The molecule has 3 aromatic carbocycles. The zero-order valence-electron chi connectivity index (χ0n) is 18.2. The highest BCUT2D eigenvalue weighted by Crippen LogP contribution is 2.34. The summed E-state index contributed by atoms with van der Waals surface area (Å²) in [7, 11) is 0. The van der Waals surface area contributed by atoms with Crippen LogP contribution in [0, 0.1) is 0 Å². The summed E-state index contributed by atoms with van der Waals surface area (Å²) >= 11 is 0. The van der Waals surface area contributed by atoms with E-state index in [1.54, 1.807) is 0 Å². The molecule has 32 heavy (non-hydrogen) atoms. The van der Waals surface area contributed by atoms with Crippen molar-refractivity contribution in [3.8, 4) is 11.3 Å². The van der Waals surface area contributed by atoms with Crippen molar-refractivity contribution in [3.63, 3.8) is 0 Å². The van der Waals surface area contributed by atoms with E-state index in [1.807, 2.05) is 36.4 Å². The summed E-state index contributed by atoms with van der Waals surface area (Å²) in [6, 6.07) is 20.3. The van der Waals surface area contributed by atoms with Crippen LogP contribution in [0.2, 0.25) is 0 Å². The Morgan fingerprint density at radius 2 is 1.84 bits per heavy atom. The van der Waals surface area contributed by atoms with Crippen molar-refractivity contribution >= 4 is 28.2 Å². The zero-order chi connectivity index (χ0) is 22.1. The quantitative estimate of drug-likeness (QED) is 0.438. The summed E-state index contributed by atoms with van der Waals surface area (Å²) in [6.07, 6.45) is 3.65. The van der Waals surface area contributed by atoms with Gasteiger partial charge in [-0.25, -0.2) is 9.97 Å². The number of nitrogen functional groups attached to an aromatic ring is 1. The third-order valence-electron chi connectivity index (χ3n) is 5.98. The van der Waals surface area contributed by atoms with Crippen LogP contribution in [0.25, 0.3) is 22.0 Å². The Hall–Kier alpha value is -3.73. The Labute approximate surface area is 187 Å². The van der Waals surface area contributed by atoms with E-state index in [9.17, 15) is 4.79 Å². The van der Waals surface area contributed by atoms with E-state index >= 15 is 0 Å². The van der Waals surface area contributed by atoms with Gasteiger partial charge in [0.15, 0.2) is 5.82 Å². The zero-order valence-corrected chi connectivity index (χ0v) is 18.2. The molecule has 0 fully saturated rings. The highest BCUT2D eigenvalue weighted by Gasteiger charge is 2.22. The number of nitrogens with zero attached hydrogens (tertiary/aromatic N) is 2. The molecule has 1 heterocycles. The molecule has 1 amide bonds. The minimum Gasteiger partial charge on any atom is -0.399 e. The molecule has 0 bridgehead atoms. The van der Waals surface area contributed by atoms with Crippen molar-refractivity contribution in [1.29, 1.82) is 0 Å². The van der Waals surface area contributed by atoms with Crippen molar-refractivity contribution in [2.24, 2.45) is 0 Å². The number of nitrogens with one attached hydrogen (secondary N) is 1. The van der Waals surface area contributed by atoms with Crippen molar-refractivity contribution in [1.82, 2.24) is 9.97 Å². The van der Waals surface area contributed by atoms with Crippen molar-refractivity contribution in [2.45, 2.75) is 39.0 Å². The van der Waals surface area contributed by atoms with Gasteiger partial charge in [-0.05, 0) is 53.3 Å². The van der Waals surface area contributed by atoms with Crippen LogP contribution in [0.4, 0.5) is 11.5 Å². The van der Waals surface area contributed by atoms with Crippen LogP contribution in [0.3, 0.4) is 0 Å². The fourth-order valence-corrected chi connectivity index (χ4v) is 4.42. The number of carbonyl (C=O) groups is 1. The molecule has 5 rings (SSSR count). The normalized spacial score (nSPS) is 12.3. The van der Waals surface area contributed by atoms with Gasteiger partial charge in [0.05, 0.1) is 23.5 Å². The Morgan fingerprint density at radius 3 is 2.69 bits per heavy atom. The molecule has 0 radical (unpaired) electrons. The number of rotatable bonds is 5. The molecule has 0 saturated carbocycles. The van der Waals surface area contributed by atoms with E-state index < -0.39 is 0 Å². The third kappa shape index (κ3) is 3.94. The molecule has 3 N–H and O–H groups in total. The maximum atomic E-state index is 12.9. The number of carbonyl (C=O) groups excluding carboxylic acids is 1. The van der Waals surface area contributed by atoms with Crippen LogP contribution < -0.4 is 11.1 Å². The van der Waals surface area contributed by atoms with Gasteiger partial charge in [0.1, 0.15) is 0 Å². The predicted octanol–water partition coefficient (Wildman–Crippen LogP) is 5.11. The van der Waals surface area contributed by atoms with Gasteiger partial charge in [-0.2, -0.15) is 0 Å². The average Bonchev–Trinajstić information content (AvgIpc) is 2.79. The fourth-order valence-electron chi connectivity index (χ4n) is 4.42. The number of hydrogen-bond acceptors (Lipinski definition) is 4. The van der Waals surface area contributed by atoms with Crippen molar-refractivity contribution < 1.29 is 4.79 Å². The maximum Gasteiger partial charge on any atom is 0.229 e. The number of aryl methyl sites for hydroxylation is 3. The molecular weight excluding hydrogens is 396 g/mol. The first-order chi connectivity index (χ1) is 15.6. The first-order valence-electron chi connectivity index (χ1n) is 11.2. The Balaban J connectivity index is 1.42. The van der Waals surface area contributed by atoms with Crippen molar-refractivity contribution in [3.05, 3.63) is 83.2 Å². The molecule has 1 aliphatic rings. The monoisotopic (exact) mass is 422 g/mol. The highest BCUT2D eigenvalue weighted by atomic mass is 16.1. The van der Waals surface area contributed by atoms with Gasteiger partial charge in [-0.3, -0.25) is 4.79 Å². The standard InChI is InChI=1S/C27H26N4O/c1-2-5-24-27(30-23-13-10-20-16-21(28)11-12-22(20)26(23)29-24)31-25(32)15-17-8-9-18-6-3-4-7-19(18)14-17/h3-4,6-9,11-12,14,16H,2,5,10,13,15,28H2,1H3,(H,30,31,32). The number of fused-ring (bicyclic) bond motifs is 4. The van der Waals surface area contributed by atoms with Gasteiger partial charge in [0, 0.05) is 11.3 Å². The molecule has 0 atom stereocenters. The molecule has 0 unspecified atom stereocenters. The summed E-state index contributed by atoms with van der Waals surface area (Å²) in [6.45, 7) is 2.11. The lowest BCUT2D eigenvalue weighted by molar-refractivity contribution is -0.115. The average molecular weight is 423 g/mol.